The van der Waals surface area contributed by atoms with Crippen molar-refractivity contribution in [3.63, 3.8) is 0 Å². The van der Waals surface area contributed by atoms with Crippen LogP contribution < -0.4 is 17.7 Å². The predicted molar refractivity (Wildman–Crippen MR) is 57.8 cm³/mol. The molecule has 0 unspecified atom stereocenters. The topological polar surface area (TPSA) is 12.0 Å². The fourth-order valence-electron chi connectivity index (χ4n) is 1.30. The van der Waals surface area contributed by atoms with E-state index in [1.165, 1.54) is 17.5 Å². The summed E-state index contributed by atoms with van der Waals surface area (Å²) in [5.74, 6) is 0. The molecule has 1 nitrogen and oxygen atoms in total. The highest BCUT2D eigenvalue weighted by atomic mass is 35.5. The van der Waals surface area contributed by atoms with Gasteiger partial charge in [0, 0.05) is 6.54 Å². The first-order valence-corrected chi connectivity index (χ1v) is 5.15. The van der Waals surface area contributed by atoms with Crippen molar-refractivity contribution in [3.05, 3.63) is 35.4 Å². The normalized spacial score (nSPS) is 9.57. The largest absolute Gasteiger partial charge is 1.00 e. The molecule has 0 saturated heterocycles. The molecule has 1 aromatic rings. The molecule has 0 aliphatic heterocycles. The van der Waals surface area contributed by atoms with Crippen molar-refractivity contribution in [2.75, 3.05) is 6.54 Å². The molecule has 0 atom stereocenters. The van der Waals surface area contributed by atoms with Crippen molar-refractivity contribution in [2.45, 2.75) is 33.2 Å². The van der Waals surface area contributed by atoms with E-state index in [0.29, 0.717) is 0 Å². The molecular weight excluding hydrogens is 194 g/mol. The third kappa shape index (κ3) is 4.64. The Labute approximate surface area is 93.3 Å². The summed E-state index contributed by atoms with van der Waals surface area (Å²) in [5.41, 5.74) is 2.80. The van der Waals surface area contributed by atoms with Crippen LogP contribution in [0, 0.1) is 0 Å². The summed E-state index contributed by atoms with van der Waals surface area (Å²) in [6.07, 6.45) is 2.33. The zero-order valence-corrected chi connectivity index (χ0v) is 9.77. The first-order valence-electron chi connectivity index (χ1n) is 5.15. The van der Waals surface area contributed by atoms with E-state index in [-0.39, 0.29) is 12.4 Å². The van der Waals surface area contributed by atoms with Crippen molar-refractivity contribution in [1.82, 2.24) is 5.32 Å². The maximum atomic E-state index is 3.39. The summed E-state index contributed by atoms with van der Waals surface area (Å²) in [6.45, 7) is 6.48. The van der Waals surface area contributed by atoms with E-state index in [1.54, 1.807) is 0 Å². The molecule has 0 saturated carbocycles. The van der Waals surface area contributed by atoms with Crippen LogP contribution in [0.3, 0.4) is 0 Å². The molecule has 0 aliphatic carbocycles. The lowest BCUT2D eigenvalue weighted by Gasteiger charge is -2.03. The SMILES string of the molecule is CCCNCc1ccc(CC)cc1.[Cl-]. The first-order chi connectivity index (χ1) is 6.36. The van der Waals surface area contributed by atoms with E-state index >= 15 is 0 Å². The Kier molecular flexibility index (Phi) is 7.54. The average molecular weight is 213 g/mol. The van der Waals surface area contributed by atoms with E-state index in [4.69, 9.17) is 0 Å². The van der Waals surface area contributed by atoms with Gasteiger partial charge in [0.1, 0.15) is 0 Å². The van der Waals surface area contributed by atoms with Gasteiger partial charge in [-0.3, -0.25) is 0 Å². The zero-order chi connectivity index (χ0) is 9.52. The number of aryl methyl sites for hydroxylation is 1. The van der Waals surface area contributed by atoms with Gasteiger partial charge in [-0.25, -0.2) is 0 Å². The highest BCUT2D eigenvalue weighted by Gasteiger charge is 1.92. The Balaban J connectivity index is 0.00000169. The fourth-order valence-corrected chi connectivity index (χ4v) is 1.30. The van der Waals surface area contributed by atoms with Crippen LogP contribution in [0.2, 0.25) is 0 Å². The fraction of sp³-hybridized carbons (Fsp3) is 0.500. The van der Waals surface area contributed by atoms with Gasteiger partial charge in [-0.2, -0.15) is 0 Å². The molecule has 1 rings (SSSR count). The van der Waals surface area contributed by atoms with Crippen LogP contribution in [0.15, 0.2) is 24.3 Å². The lowest BCUT2D eigenvalue weighted by molar-refractivity contribution is -0.00000285. The summed E-state index contributed by atoms with van der Waals surface area (Å²) < 4.78 is 0. The molecule has 80 valence electrons. The van der Waals surface area contributed by atoms with Crippen molar-refractivity contribution in [1.29, 1.82) is 0 Å². The molecular formula is C12H19ClN-. The zero-order valence-electron chi connectivity index (χ0n) is 9.02. The second-order valence-electron chi connectivity index (χ2n) is 3.35. The summed E-state index contributed by atoms with van der Waals surface area (Å²) in [6, 6.07) is 8.84. The highest BCUT2D eigenvalue weighted by molar-refractivity contribution is 5.22. The van der Waals surface area contributed by atoms with Gasteiger partial charge in [0.05, 0.1) is 0 Å². The number of benzene rings is 1. The van der Waals surface area contributed by atoms with E-state index in [1.807, 2.05) is 0 Å². The Bertz CT molecular complexity index is 231. The minimum atomic E-state index is 0. The van der Waals surface area contributed by atoms with Crippen molar-refractivity contribution < 1.29 is 12.4 Å². The number of hydrogen-bond acceptors (Lipinski definition) is 1. The molecule has 0 aliphatic rings. The van der Waals surface area contributed by atoms with Crippen LogP contribution in [0.4, 0.5) is 0 Å². The number of rotatable bonds is 5. The standard InChI is InChI=1S/C12H19N.ClH/c1-3-9-13-10-12-7-5-11(4-2)6-8-12;/h5-8,13H,3-4,9-10H2,1-2H3;1H/p-1. The van der Waals surface area contributed by atoms with Gasteiger partial charge < -0.3 is 17.7 Å². The van der Waals surface area contributed by atoms with Gasteiger partial charge in [0.2, 0.25) is 0 Å². The quantitative estimate of drug-likeness (QED) is 0.665. The molecule has 0 bridgehead atoms. The van der Waals surface area contributed by atoms with Crippen molar-refractivity contribution >= 4 is 0 Å². The van der Waals surface area contributed by atoms with Crippen molar-refractivity contribution in [3.8, 4) is 0 Å². The van der Waals surface area contributed by atoms with Crippen LogP contribution >= 0.6 is 0 Å². The third-order valence-corrected chi connectivity index (χ3v) is 2.19. The summed E-state index contributed by atoms with van der Waals surface area (Å²) in [4.78, 5) is 0. The van der Waals surface area contributed by atoms with E-state index in [0.717, 1.165) is 19.5 Å². The maximum Gasteiger partial charge on any atom is 0.0205 e. The van der Waals surface area contributed by atoms with Crippen LogP contribution in [-0.2, 0) is 13.0 Å². The lowest BCUT2D eigenvalue weighted by Crippen LogP contribution is -3.00. The Morgan fingerprint density at radius 3 is 2.07 bits per heavy atom. The average Bonchev–Trinajstić information content (AvgIpc) is 2.19. The molecule has 1 N–H and O–H groups in total. The number of nitrogens with one attached hydrogen (secondary N) is 1. The molecule has 0 amide bonds. The van der Waals surface area contributed by atoms with Gasteiger partial charge in [0.15, 0.2) is 0 Å². The van der Waals surface area contributed by atoms with Crippen LogP contribution in [0.25, 0.3) is 0 Å². The first kappa shape index (κ1) is 13.5. The van der Waals surface area contributed by atoms with E-state index in [9.17, 15) is 0 Å². The van der Waals surface area contributed by atoms with E-state index in [2.05, 4.69) is 43.4 Å². The highest BCUT2D eigenvalue weighted by Crippen LogP contribution is 2.04. The predicted octanol–water partition coefficient (Wildman–Crippen LogP) is -0.247. The lowest BCUT2D eigenvalue weighted by atomic mass is 10.1. The molecule has 0 spiro atoms. The second kappa shape index (κ2) is 7.84. The second-order valence-corrected chi connectivity index (χ2v) is 3.35. The summed E-state index contributed by atoms with van der Waals surface area (Å²) >= 11 is 0. The molecule has 0 heterocycles. The number of hydrogen-bond donors (Lipinski definition) is 1. The van der Waals surface area contributed by atoms with Crippen LogP contribution in [-0.4, -0.2) is 6.54 Å². The summed E-state index contributed by atoms with van der Waals surface area (Å²) in [5, 5.41) is 3.39. The van der Waals surface area contributed by atoms with Gasteiger partial charge in [-0.05, 0) is 30.5 Å². The molecule has 2 heteroatoms. The van der Waals surface area contributed by atoms with Gasteiger partial charge >= 0.3 is 0 Å². The minimum absolute atomic E-state index is 0. The Morgan fingerprint density at radius 2 is 1.57 bits per heavy atom. The van der Waals surface area contributed by atoms with Crippen LogP contribution in [0.5, 0.6) is 0 Å². The maximum absolute atomic E-state index is 3.39. The number of halogens is 1. The molecule has 1 aromatic carbocycles. The third-order valence-electron chi connectivity index (χ3n) is 2.19. The van der Waals surface area contributed by atoms with Crippen molar-refractivity contribution in [2.24, 2.45) is 0 Å². The molecule has 14 heavy (non-hydrogen) atoms. The monoisotopic (exact) mass is 212 g/mol. The van der Waals surface area contributed by atoms with Gasteiger partial charge in [-0.15, -0.1) is 0 Å². The van der Waals surface area contributed by atoms with E-state index < -0.39 is 0 Å². The molecule has 0 fully saturated rings. The molecule has 0 aromatic heterocycles. The Hall–Kier alpha value is -0.530. The van der Waals surface area contributed by atoms with Gasteiger partial charge in [-0.1, -0.05) is 38.1 Å². The van der Waals surface area contributed by atoms with Gasteiger partial charge in [0.25, 0.3) is 0 Å². The van der Waals surface area contributed by atoms with Crippen LogP contribution in [0.1, 0.15) is 31.4 Å². The minimum Gasteiger partial charge on any atom is -1.00 e. The molecule has 0 radical (unpaired) electrons. The summed E-state index contributed by atoms with van der Waals surface area (Å²) in [7, 11) is 0. The Morgan fingerprint density at radius 1 is 1.00 bits per heavy atom. The smallest absolute Gasteiger partial charge is 0.0205 e.